The Morgan fingerprint density at radius 2 is 2.15 bits per heavy atom. The zero-order chi connectivity index (χ0) is 14.1. The number of hydrogen-bond acceptors (Lipinski definition) is 3. The first-order valence-electron chi connectivity index (χ1n) is 6.39. The highest BCUT2D eigenvalue weighted by atomic mass is 35.5. The molecule has 1 atom stereocenters. The summed E-state index contributed by atoms with van der Waals surface area (Å²) in [7, 11) is 0. The Labute approximate surface area is 122 Å². The average molecular weight is 288 g/mol. The first-order chi connectivity index (χ1) is 9.65. The Balaban J connectivity index is 1.88. The normalized spacial score (nSPS) is 17.1. The van der Waals surface area contributed by atoms with Gasteiger partial charge < -0.3 is 10.6 Å². The van der Waals surface area contributed by atoms with Crippen molar-refractivity contribution >= 4 is 23.2 Å². The van der Waals surface area contributed by atoms with E-state index in [4.69, 9.17) is 17.3 Å². The maximum absolute atomic E-state index is 11.6. The van der Waals surface area contributed by atoms with Crippen molar-refractivity contribution in [1.82, 2.24) is 4.98 Å². The highest BCUT2D eigenvalue weighted by molar-refractivity contribution is 6.29. The lowest BCUT2D eigenvalue weighted by molar-refractivity contribution is -0.119. The smallest absolute Gasteiger partial charge is 0.226 e. The van der Waals surface area contributed by atoms with E-state index in [1.807, 2.05) is 30.3 Å². The standard InChI is InChI=1S/C15H14ClN3O/c16-14-6-5-10(7-18-14)8-19-9-12(15(17)20)11-3-1-2-4-13(11)19/h1-7,12H,8-9H2,(H2,17,20)/t12-/m0/s1. The van der Waals surface area contributed by atoms with Crippen LogP contribution in [0.15, 0.2) is 42.6 Å². The number of nitrogens with zero attached hydrogens (tertiary/aromatic N) is 2. The summed E-state index contributed by atoms with van der Waals surface area (Å²) < 4.78 is 0. The molecule has 2 aromatic rings. The average Bonchev–Trinajstić information content (AvgIpc) is 2.81. The van der Waals surface area contributed by atoms with Crippen LogP contribution in [0.25, 0.3) is 0 Å². The maximum Gasteiger partial charge on any atom is 0.226 e. The van der Waals surface area contributed by atoms with Crippen LogP contribution in [0.2, 0.25) is 5.15 Å². The summed E-state index contributed by atoms with van der Waals surface area (Å²) in [5.74, 6) is -0.527. The molecule has 0 fully saturated rings. The summed E-state index contributed by atoms with van der Waals surface area (Å²) in [5, 5.41) is 0.477. The van der Waals surface area contributed by atoms with Crippen molar-refractivity contribution in [3.8, 4) is 0 Å². The summed E-state index contributed by atoms with van der Waals surface area (Å²) >= 11 is 5.79. The quantitative estimate of drug-likeness (QED) is 0.882. The van der Waals surface area contributed by atoms with Crippen LogP contribution >= 0.6 is 11.6 Å². The van der Waals surface area contributed by atoms with Crippen LogP contribution in [0.5, 0.6) is 0 Å². The van der Waals surface area contributed by atoms with Crippen molar-refractivity contribution in [2.24, 2.45) is 5.73 Å². The van der Waals surface area contributed by atoms with Crippen LogP contribution in [-0.4, -0.2) is 17.4 Å². The lowest BCUT2D eigenvalue weighted by Crippen LogP contribution is -2.27. The summed E-state index contributed by atoms with van der Waals surface area (Å²) in [6.07, 6.45) is 1.75. The van der Waals surface area contributed by atoms with E-state index in [1.165, 1.54) is 0 Å². The predicted octanol–water partition coefficient (Wildman–Crippen LogP) is 2.32. The lowest BCUT2D eigenvalue weighted by Gasteiger charge is -2.19. The molecular formula is C15H14ClN3O. The molecule has 3 rings (SSSR count). The van der Waals surface area contributed by atoms with Crippen LogP contribution in [0.4, 0.5) is 5.69 Å². The molecular weight excluding hydrogens is 274 g/mol. The number of hydrogen-bond donors (Lipinski definition) is 1. The molecule has 20 heavy (non-hydrogen) atoms. The molecule has 1 amide bonds. The van der Waals surface area contributed by atoms with Gasteiger partial charge in [0.1, 0.15) is 5.15 Å². The number of pyridine rings is 1. The summed E-state index contributed by atoms with van der Waals surface area (Å²) in [6, 6.07) is 11.6. The number of aromatic nitrogens is 1. The maximum atomic E-state index is 11.6. The zero-order valence-electron chi connectivity index (χ0n) is 10.8. The molecule has 4 nitrogen and oxygen atoms in total. The van der Waals surface area contributed by atoms with Crippen LogP contribution < -0.4 is 10.6 Å². The molecule has 5 heteroatoms. The highest BCUT2D eigenvalue weighted by Gasteiger charge is 2.31. The third kappa shape index (κ3) is 2.34. The van der Waals surface area contributed by atoms with E-state index >= 15 is 0 Å². The molecule has 1 aromatic carbocycles. The van der Waals surface area contributed by atoms with Crippen LogP contribution in [0.1, 0.15) is 17.0 Å². The Bertz CT molecular complexity index is 642. The van der Waals surface area contributed by atoms with E-state index in [0.29, 0.717) is 18.2 Å². The monoisotopic (exact) mass is 287 g/mol. The van der Waals surface area contributed by atoms with Gasteiger partial charge in [-0.3, -0.25) is 4.79 Å². The number of carbonyl (C=O) groups excluding carboxylic acids is 1. The van der Waals surface area contributed by atoms with Crippen molar-refractivity contribution in [2.75, 3.05) is 11.4 Å². The molecule has 0 unspecified atom stereocenters. The Morgan fingerprint density at radius 1 is 1.35 bits per heavy atom. The molecule has 0 radical (unpaired) electrons. The minimum absolute atomic E-state index is 0.244. The van der Waals surface area contributed by atoms with Gasteiger partial charge in [0.2, 0.25) is 5.91 Å². The van der Waals surface area contributed by atoms with Crippen molar-refractivity contribution in [3.63, 3.8) is 0 Å². The van der Waals surface area contributed by atoms with Gasteiger partial charge in [0, 0.05) is 25.0 Å². The first-order valence-corrected chi connectivity index (χ1v) is 6.76. The topological polar surface area (TPSA) is 59.2 Å². The van der Waals surface area contributed by atoms with Gasteiger partial charge in [-0.05, 0) is 23.3 Å². The van der Waals surface area contributed by atoms with Crippen molar-refractivity contribution < 1.29 is 4.79 Å². The second-order valence-corrected chi connectivity index (χ2v) is 5.27. The van der Waals surface area contributed by atoms with Crippen molar-refractivity contribution in [3.05, 3.63) is 58.9 Å². The largest absolute Gasteiger partial charge is 0.369 e. The molecule has 0 aliphatic carbocycles. The molecule has 2 N–H and O–H groups in total. The number of halogens is 1. The fourth-order valence-corrected chi connectivity index (χ4v) is 2.71. The molecule has 0 saturated carbocycles. The van der Waals surface area contributed by atoms with E-state index in [9.17, 15) is 4.79 Å². The van der Waals surface area contributed by atoms with Gasteiger partial charge in [-0.25, -0.2) is 4.98 Å². The summed E-state index contributed by atoms with van der Waals surface area (Å²) in [5.41, 5.74) is 8.61. The number of para-hydroxylation sites is 1. The number of anilines is 1. The summed E-state index contributed by atoms with van der Waals surface area (Å²) in [4.78, 5) is 17.8. The number of nitrogens with two attached hydrogens (primary N) is 1. The van der Waals surface area contributed by atoms with E-state index in [2.05, 4.69) is 9.88 Å². The molecule has 1 aliphatic rings. The number of rotatable bonds is 3. The van der Waals surface area contributed by atoms with Gasteiger partial charge in [-0.2, -0.15) is 0 Å². The fourth-order valence-electron chi connectivity index (χ4n) is 2.60. The van der Waals surface area contributed by atoms with Gasteiger partial charge in [0.25, 0.3) is 0 Å². The second kappa shape index (κ2) is 5.13. The van der Waals surface area contributed by atoms with Crippen LogP contribution in [0.3, 0.4) is 0 Å². The molecule has 102 valence electrons. The second-order valence-electron chi connectivity index (χ2n) is 4.88. The highest BCUT2D eigenvalue weighted by Crippen LogP contribution is 2.36. The van der Waals surface area contributed by atoms with E-state index in [0.717, 1.165) is 16.8 Å². The van der Waals surface area contributed by atoms with Gasteiger partial charge in [-0.1, -0.05) is 35.9 Å². The lowest BCUT2D eigenvalue weighted by atomic mass is 10.0. The van der Waals surface area contributed by atoms with Gasteiger partial charge in [0.15, 0.2) is 0 Å². The van der Waals surface area contributed by atoms with Gasteiger partial charge in [-0.15, -0.1) is 0 Å². The number of benzene rings is 1. The van der Waals surface area contributed by atoms with Crippen LogP contribution in [0, 0.1) is 0 Å². The van der Waals surface area contributed by atoms with E-state index in [-0.39, 0.29) is 11.8 Å². The van der Waals surface area contributed by atoms with E-state index in [1.54, 1.807) is 12.3 Å². The summed E-state index contributed by atoms with van der Waals surface area (Å²) in [6.45, 7) is 1.29. The first kappa shape index (κ1) is 12.9. The number of fused-ring (bicyclic) bond motifs is 1. The molecule has 0 bridgehead atoms. The third-order valence-electron chi connectivity index (χ3n) is 3.56. The van der Waals surface area contributed by atoms with Crippen molar-refractivity contribution in [1.29, 1.82) is 0 Å². The Kier molecular flexibility index (Phi) is 3.32. The van der Waals surface area contributed by atoms with Gasteiger partial charge >= 0.3 is 0 Å². The third-order valence-corrected chi connectivity index (χ3v) is 3.78. The molecule has 2 heterocycles. The fraction of sp³-hybridized carbons (Fsp3) is 0.200. The van der Waals surface area contributed by atoms with E-state index < -0.39 is 0 Å². The molecule has 0 saturated heterocycles. The van der Waals surface area contributed by atoms with Crippen LogP contribution in [-0.2, 0) is 11.3 Å². The predicted molar refractivity (Wildman–Crippen MR) is 78.7 cm³/mol. The zero-order valence-corrected chi connectivity index (χ0v) is 11.5. The van der Waals surface area contributed by atoms with Gasteiger partial charge in [0.05, 0.1) is 5.92 Å². The number of primary amides is 1. The Morgan fingerprint density at radius 3 is 2.85 bits per heavy atom. The molecule has 0 spiro atoms. The molecule has 1 aromatic heterocycles. The minimum atomic E-state index is -0.283. The van der Waals surface area contributed by atoms with Crippen molar-refractivity contribution in [2.45, 2.75) is 12.5 Å². The number of amides is 1. The minimum Gasteiger partial charge on any atom is -0.369 e. The Hall–Kier alpha value is -2.07. The molecule has 1 aliphatic heterocycles. The number of carbonyl (C=O) groups is 1. The SMILES string of the molecule is NC(=O)[C@H]1CN(Cc2ccc(Cl)nc2)c2ccccc21.